The number of carbonyl (C=O) groups excluding carboxylic acids is 1. The van der Waals surface area contributed by atoms with E-state index in [2.05, 4.69) is 19.1 Å². The van der Waals surface area contributed by atoms with E-state index < -0.39 is 11.9 Å². The summed E-state index contributed by atoms with van der Waals surface area (Å²) < 4.78 is 5.02. The van der Waals surface area contributed by atoms with Crippen LogP contribution >= 0.6 is 0 Å². The molecule has 1 atom stereocenters. The minimum atomic E-state index is -0.880. The van der Waals surface area contributed by atoms with Gasteiger partial charge in [-0.2, -0.15) is 0 Å². The van der Waals surface area contributed by atoms with Gasteiger partial charge in [-0.15, -0.1) is 0 Å². The molecule has 0 aromatic heterocycles. The lowest BCUT2D eigenvalue weighted by Gasteiger charge is -2.11. The van der Waals surface area contributed by atoms with Gasteiger partial charge in [0.25, 0.3) is 0 Å². The third kappa shape index (κ3) is 29.5. The lowest BCUT2D eigenvalue weighted by molar-refractivity contribution is -0.151. The van der Waals surface area contributed by atoms with Crippen molar-refractivity contribution in [2.75, 3.05) is 6.61 Å². The Kier molecular flexibility index (Phi) is 30.2. The van der Waals surface area contributed by atoms with Gasteiger partial charge in [0, 0.05) is 0 Å². The van der Waals surface area contributed by atoms with Crippen molar-refractivity contribution in [3.63, 3.8) is 0 Å². The Morgan fingerprint density at radius 1 is 0.564 bits per heavy atom. The molecule has 0 aliphatic carbocycles. The van der Waals surface area contributed by atoms with Crippen molar-refractivity contribution < 1.29 is 19.4 Å². The maximum atomic E-state index is 11.7. The highest BCUT2D eigenvalue weighted by Gasteiger charge is 2.21. The number of unbranched alkanes of at least 4 members (excludes halogenated alkanes) is 22. The van der Waals surface area contributed by atoms with Crippen LogP contribution in [0, 0.1) is 5.92 Å². The molecule has 230 valence electrons. The zero-order valence-electron chi connectivity index (χ0n) is 26.2. The molecule has 0 fully saturated rings. The van der Waals surface area contributed by atoms with Crippen LogP contribution in [0.3, 0.4) is 0 Å². The van der Waals surface area contributed by atoms with Crippen LogP contribution in [0.25, 0.3) is 0 Å². The summed E-state index contributed by atoms with van der Waals surface area (Å²) in [7, 11) is 0. The number of rotatable bonds is 31. The zero-order chi connectivity index (χ0) is 28.7. The van der Waals surface area contributed by atoms with Crippen molar-refractivity contribution in [3.8, 4) is 0 Å². The molecule has 0 aromatic carbocycles. The van der Waals surface area contributed by atoms with Gasteiger partial charge in [-0.05, 0) is 38.5 Å². The Labute approximate surface area is 243 Å². The van der Waals surface area contributed by atoms with Crippen molar-refractivity contribution >= 4 is 11.9 Å². The standard InChI is InChI=1S/C35H66O4/c1-3-5-6-7-8-9-10-11-12-13-14-15-16-17-18-19-20-21-22-23-24-25-26-27-28-29-30-33(35(37)38)32-34(36)39-31-4-2/h21-22,33H,3-20,23-32H2,1-2H3,(H,37,38)/b22-21+. The molecule has 0 bridgehead atoms. The van der Waals surface area contributed by atoms with Crippen molar-refractivity contribution in [3.05, 3.63) is 12.2 Å². The lowest BCUT2D eigenvalue weighted by atomic mass is 9.97. The van der Waals surface area contributed by atoms with Crippen molar-refractivity contribution in [2.24, 2.45) is 5.92 Å². The fraction of sp³-hybridized carbons (Fsp3) is 0.886. The number of carbonyl (C=O) groups is 2. The average molecular weight is 551 g/mol. The predicted molar refractivity (Wildman–Crippen MR) is 167 cm³/mol. The molecule has 0 aliphatic heterocycles. The van der Waals surface area contributed by atoms with Crippen LogP contribution in [-0.2, 0) is 14.3 Å². The van der Waals surface area contributed by atoms with Gasteiger partial charge in [-0.1, -0.05) is 154 Å². The van der Waals surface area contributed by atoms with Crippen LogP contribution in [0.1, 0.15) is 187 Å². The number of allylic oxidation sites excluding steroid dienone is 2. The first-order chi connectivity index (χ1) is 19.1. The molecule has 0 radical (unpaired) electrons. The monoisotopic (exact) mass is 550 g/mol. The third-order valence-corrected chi connectivity index (χ3v) is 7.79. The van der Waals surface area contributed by atoms with Gasteiger partial charge in [-0.25, -0.2) is 0 Å². The fourth-order valence-corrected chi connectivity index (χ4v) is 5.19. The van der Waals surface area contributed by atoms with Gasteiger partial charge in [0.05, 0.1) is 18.9 Å². The Morgan fingerprint density at radius 3 is 1.33 bits per heavy atom. The zero-order valence-corrected chi connectivity index (χ0v) is 26.2. The van der Waals surface area contributed by atoms with E-state index in [1.54, 1.807) is 0 Å². The molecule has 1 unspecified atom stereocenters. The summed E-state index contributed by atoms with van der Waals surface area (Å²) in [4.78, 5) is 23.0. The number of ether oxygens (including phenoxy) is 1. The normalized spacial score (nSPS) is 12.3. The fourth-order valence-electron chi connectivity index (χ4n) is 5.19. The summed E-state index contributed by atoms with van der Waals surface area (Å²) in [6, 6.07) is 0. The molecule has 4 nitrogen and oxygen atoms in total. The van der Waals surface area contributed by atoms with Crippen molar-refractivity contribution in [1.82, 2.24) is 0 Å². The second kappa shape index (κ2) is 31.2. The van der Waals surface area contributed by atoms with Crippen LogP contribution < -0.4 is 0 Å². The van der Waals surface area contributed by atoms with E-state index in [4.69, 9.17) is 4.74 Å². The minimum absolute atomic E-state index is 0.00110. The van der Waals surface area contributed by atoms with Crippen LogP contribution in [-0.4, -0.2) is 23.7 Å². The third-order valence-electron chi connectivity index (χ3n) is 7.79. The number of hydrogen-bond donors (Lipinski definition) is 1. The van der Waals surface area contributed by atoms with Crippen molar-refractivity contribution in [1.29, 1.82) is 0 Å². The lowest BCUT2D eigenvalue weighted by Crippen LogP contribution is -2.19. The predicted octanol–water partition coefficient (Wildman–Crippen LogP) is 11.4. The van der Waals surface area contributed by atoms with Crippen LogP contribution in [0.4, 0.5) is 0 Å². The summed E-state index contributed by atoms with van der Waals surface area (Å²) in [5.41, 5.74) is 0. The second-order valence-corrected chi connectivity index (χ2v) is 11.7. The van der Waals surface area contributed by atoms with E-state index in [9.17, 15) is 14.7 Å². The van der Waals surface area contributed by atoms with Gasteiger partial charge in [-0.3, -0.25) is 9.59 Å². The van der Waals surface area contributed by atoms with Crippen LogP contribution in [0.2, 0.25) is 0 Å². The topological polar surface area (TPSA) is 63.6 Å². The summed E-state index contributed by atoms with van der Waals surface area (Å²) in [6.45, 7) is 4.60. The van der Waals surface area contributed by atoms with Gasteiger partial charge >= 0.3 is 11.9 Å². The molecule has 0 aromatic rings. The van der Waals surface area contributed by atoms with E-state index in [0.29, 0.717) is 13.0 Å². The number of carboxylic acids is 1. The molecule has 39 heavy (non-hydrogen) atoms. The molecular formula is C35H66O4. The molecule has 0 saturated heterocycles. The van der Waals surface area contributed by atoms with E-state index in [0.717, 1.165) is 25.7 Å². The number of esters is 1. The maximum Gasteiger partial charge on any atom is 0.307 e. The van der Waals surface area contributed by atoms with E-state index in [1.807, 2.05) is 6.92 Å². The highest BCUT2D eigenvalue weighted by atomic mass is 16.5. The Balaban J connectivity index is 3.34. The first-order valence-corrected chi connectivity index (χ1v) is 17.1. The van der Waals surface area contributed by atoms with Gasteiger partial charge in [0.15, 0.2) is 0 Å². The molecule has 1 N–H and O–H groups in total. The van der Waals surface area contributed by atoms with Crippen LogP contribution in [0.5, 0.6) is 0 Å². The SMILES string of the molecule is CCCCCCCCCCCCCCCCCC/C=C/CCCCCCCCC(CC(=O)OCCC)C(=O)O. The summed E-state index contributed by atoms with van der Waals surface area (Å²) in [6.07, 6.45) is 38.0. The molecular weight excluding hydrogens is 484 g/mol. The van der Waals surface area contributed by atoms with E-state index in [1.165, 1.54) is 135 Å². The highest BCUT2D eigenvalue weighted by Crippen LogP contribution is 2.17. The first-order valence-electron chi connectivity index (χ1n) is 17.1. The van der Waals surface area contributed by atoms with Gasteiger partial charge in [0.2, 0.25) is 0 Å². The Hall–Kier alpha value is -1.32. The summed E-state index contributed by atoms with van der Waals surface area (Å²) in [5.74, 6) is -1.86. The quantitative estimate of drug-likeness (QED) is 0.0529. The largest absolute Gasteiger partial charge is 0.481 e. The molecule has 0 amide bonds. The molecule has 0 aliphatic rings. The van der Waals surface area contributed by atoms with Crippen LogP contribution in [0.15, 0.2) is 12.2 Å². The smallest absolute Gasteiger partial charge is 0.307 e. The maximum absolute atomic E-state index is 11.7. The molecule has 4 heteroatoms. The van der Waals surface area contributed by atoms with Gasteiger partial charge in [0.1, 0.15) is 0 Å². The molecule has 0 heterocycles. The number of carboxylic acid groups (broad SMARTS) is 1. The van der Waals surface area contributed by atoms with E-state index >= 15 is 0 Å². The summed E-state index contributed by atoms with van der Waals surface area (Å²) in [5, 5.41) is 9.33. The van der Waals surface area contributed by atoms with Gasteiger partial charge < -0.3 is 9.84 Å². The Morgan fingerprint density at radius 2 is 0.949 bits per heavy atom. The first kappa shape index (κ1) is 37.7. The second-order valence-electron chi connectivity index (χ2n) is 11.7. The summed E-state index contributed by atoms with van der Waals surface area (Å²) >= 11 is 0. The van der Waals surface area contributed by atoms with E-state index in [-0.39, 0.29) is 12.4 Å². The number of hydrogen-bond acceptors (Lipinski definition) is 3. The highest BCUT2D eigenvalue weighted by molar-refractivity contribution is 5.78. The minimum Gasteiger partial charge on any atom is -0.481 e. The average Bonchev–Trinajstić information content (AvgIpc) is 2.93. The Bertz CT molecular complexity index is 557. The molecule has 0 rings (SSSR count). The molecule has 0 spiro atoms. The number of aliphatic carboxylic acids is 1. The van der Waals surface area contributed by atoms with Crippen molar-refractivity contribution in [2.45, 2.75) is 187 Å². The molecule has 0 saturated carbocycles.